The Bertz CT molecular complexity index is 697. The van der Waals surface area contributed by atoms with Gasteiger partial charge in [0.2, 0.25) is 0 Å². The van der Waals surface area contributed by atoms with Crippen molar-refractivity contribution in [3.8, 4) is 0 Å². The van der Waals surface area contributed by atoms with Crippen molar-refractivity contribution < 1.29 is 44.2 Å². The molecule has 1 rings (SSSR count). The van der Waals surface area contributed by atoms with Crippen LogP contribution < -0.4 is 0 Å². The largest absolute Gasteiger partial charge is 0.457 e. The Morgan fingerprint density at radius 1 is 0.762 bits per heavy atom. The molecule has 4 N–H and O–H groups in total. The van der Waals surface area contributed by atoms with Gasteiger partial charge in [0.05, 0.1) is 19.8 Å². The van der Waals surface area contributed by atoms with Gasteiger partial charge in [0, 0.05) is 13.0 Å². The zero-order valence-electron chi connectivity index (χ0n) is 26.2. The van der Waals surface area contributed by atoms with Gasteiger partial charge >= 0.3 is 5.97 Å². The molecule has 1 fully saturated rings. The molecule has 6 atom stereocenters. The van der Waals surface area contributed by atoms with E-state index in [-0.39, 0.29) is 19.2 Å². The molecule has 42 heavy (non-hydrogen) atoms. The third kappa shape index (κ3) is 18.4. The lowest BCUT2D eigenvalue weighted by Crippen LogP contribution is -2.59. The Morgan fingerprint density at radius 2 is 1.40 bits per heavy atom. The molecule has 246 valence electrons. The molecule has 0 spiro atoms. The van der Waals surface area contributed by atoms with Crippen molar-refractivity contribution in [1.29, 1.82) is 0 Å². The lowest BCUT2D eigenvalue weighted by Gasteiger charge is -2.39. The first-order valence-electron chi connectivity index (χ1n) is 16.4. The van der Waals surface area contributed by atoms with Crippen molar-refractivity contribution in [3.05, 3.63) is 24.3 Å². The molecule has 0 aromatic heterocycles. The summed E-state index contributed by atoms with van der Waals surface area (Å²) in [6.07, 6.45) is 18.3. The number of aliphatic hydroxyl groups excluding tert-OH is 4. The number of allylic oxidation sites excluding steroid dienone is 4. The summed E-state index contributed by atoms with van der Waals surface area (Å²) in [6, 6.07) is 0. The second-order valence-electron chi connectivity index (χ2n) is 11.3. The van der Waals surface area contributed by atoms with Gasteiger partial charge in [-0.1, -0.05) is 95.9 Å². The molecule has 1 aliphatic heterocycles. The van der Waals surface area contributed by atoms with Crippen molar-refractivity contribution in [2.24, 2.45) is 0 Å². The van der Waals surface area contributed by atoms with Crippen LogP contribution in [0.4, 0.5) is 0 Å². The van der Waals surface area contributed by atoms with Crippen LogP contribution in [-0.4, -0.2) is 89.6 Å². The molecular formula is C33H60O9. The van der Waals surface area contributed by atoms with Crippen LogP contribution in [0.15, 0.2) is 24.3 Å². The van der Waals surface area contributed by atoms with Gasteiger partial charge in [-0.15, -0.1) is 0 Å². The number of hydrogen-bond donors (Lipinski definition) is 4. The minimum absolute atomic E-state index is 0.118. The number of hydrogen-bond acceptors (Lipinski definition) is 9. The quantitative estimate of drug-likeness (QED) is 0.0606. The molecule has 0 aromatic rings. The van der Waals surface area contributed by atoms with Gasteiger partial charge in [-0.25, -0.2) is 0 Å². The molecule has 9 heteroatoms. The van der Waals surface area contributed by atoms with Gasteiger partial charge in [0.1, 0.15) is 30.5 Å². The molecule has 0 amide bonds. The highest BCUT2D eigenvalue weighted by molar-refractivity contribution is 5.69. The Morgan fingerprint density at radius 3 is 2.10 bits per heavy atom. The van der Waals surface area contributed by atoms with E-state index in [0.717, 1.165) is 57.8 Å². The minimum atomic E-state index is -1.53. The zero-order chi connectivity index (χ0) is 30.8. The maximum Gasteiger partial charge on any atom is 0.306 e. The molecule has 1 heterocycles. The molecule has 0 radical (unpaired) electrons. The third-order valence-electron chi connectivity index (χ3n) is 7.37. The number of rotatable bonds is 26. The van der Waals surface area contributed by atoms with Crippen LogP contribution in [-0.2, 0) is 23.7 Å². The fourth-order valence-electron chi connectivity index (χ4n) is 4.68. The average molecular weight is 601 g/mol. The maximum atomic E-state index is 12.4. The highest BCUT2D eigenvalue weighted by Crippen LogP contribution is 2.22. The fourth-order valence-corrected chi connectivity index (χ4v) is 4.68. The molecule has 9 nitrogen and oxygen atoms in total. The molecule has 0 aliphatic carbocycles. The topological polar surface area (TPSA) is 135 Å². The molecule has 6 unspecified atom stereocenters. The van der Waals surface area contributed by atoms with E-state index in [1.807, 2.05) is 0 Å². The van der Waals surface area contributed by atoms with Crippen molar-refractivity contribution in [2.75, 3.05) is 26.4 Å². The summed E-state index contributed by atoms with van der Waals surface area (Å²) in [5.74, 6) is -0.338. The van der Waals surface area contributed by atoms with Crippen LogP contribution >= 0.6 is 0 Å². The van der Waals surface area contributed by atoms with E-state index in [1.165, 1.54) is 38.5 Å². The first-order chi connectivity index (χ1) is 20.4. The van der Waals surface area contributed by atoms with Crippen LogP contribution in [0.25, 0.3) is 0 Å². The first-order valence-corrected chi connectivity index (χ1v) is 16.4. The second kappa shape index (κ2) is 26.1. The van der Waals surface area contributed by atoms with E-state index in [4.69, 9.17) is 18.9 Å². The van der Waals surface area contributed by atoms with Gasteiger partial charge in [-0.2, -0.15) is 0 Å². The van der Waals surface area contributed by atoms with Crippen molar-refractivity contribution in [1.82, 2.24) is 0 Å². The number of carbonyl (C=O) groups excluding carboxylic acids is 1. The minimum Gasteiger partial charge on any atom is -0.457 e. The van der Waals surface area contributed by atoms with Crippen molar-refractivity contribution in [3.63, 3.8) is 0 Å². The summed E-state index contributed by atoms with van der Waals surface area (Å²) in [6.45, 7) is 4.34. The third-order valence-corrected chi connectivity index (χ3v) is 7.37. The highest BCUT2D eigenvalue weighted by atomic mass is 16.7. The standard InChI is InChI=1S/C33H60O9/c1-3-5-7-9-10-11-12-13-14-15-16-17-18-19-21-23-39-25-27(41-29(35)22-20-8-6-4-2)26-40-33-32(38)31(37)30(36)28(24-34)42-33/h9-10,12-13,27-28,30-34,36-38H,3-8,11,14-26H2,1-2H3/b10-9-,13-12-. The smallest absolute Gasteiger partial charge is 0.306 e. The van der Waals surface area contributed by atoms with Gasteiger partial charge in [0.15, 0.2) is 6.29 Å². The van der Waals surface area contributed by atoms with Crippen molar-refractivity contribution >= 4 is 5.97 Å². The van der Waals surface area contributed by atoms with Crippen LogP contribution in [0.1, 0.15) is 117 Å². The second-order valence-corrected chi connectivity index (χ2v) is 11.3. The van der Waals surface area contributed by atoms with Crippen LogP contribution in [0, 0.1) is 0 Å². The molecule has 0 aromatic carbocycles. The Balaban J connectivity index is 2.29. The zero-order valence-corrected chi connectivity index (χ0v) is 26.2. The van der Waals surface area contributed by atoms with E-state index < -0.39 is 43.4 Å². The van der Waals surface area contributed by atoms with Crippen molar-refractivity contribution in [2.45, 2.75) is 153 Å². The summed E-state index contributed by atoms with van der Waals surface area (Å²) in [4.78, 5) is 12.4. The lowest BCUT2D eigenvalue weighted by molar-refractivity contribution is -0.305. The summed E-state index contributed by atoms with van der Waals surface area (Å²) in [7, 11) is 0. The number of esters is 1. The number of unbranched alkanes of at least 4 members (excludes halogenated alkanes) is 11. The molecule has 1 aliphatic rings. The van der Waals surface area contributed by atoms with E-state index >= 15 is 0 Å². The van der Waals surface area contributed by atoms with E-state index in [0.29, 0.717) is 13.0 Å². The van der Waals surface area contributed by atoms with Gasteiger partial charge in [-0.05, 0) is 38.5 Å². The van der Waals surface area contributed by atoms with Gasteiger partial charge in [-0.3, -0.25) is 4.79 Å². The fraction of sp³-hybridized carbons (Fsp3) is 0.848. The monoisotopic (exact) mass is 600 g/mol. The van der Waals surface area contributed by atoms with E-state index in [9.17, 15) is 25.2 Å². The Hall–Kier alpha value is -1.33. The summed E-state index contributed by atoms with van der Waals surface area (Å²) < 4.78 is 22.4. The van der Waals surface area contributed by atoms with Crippen LogP contribution in [0.3, 0.4) is 0 Å². The molecule has 0 saturated carbocycles. The maximum absolute atomic E-state index is 12.4. The predicted molar refractivity (Wildman–Crippen MR) is 164 cm³/mol. The summed E-state index contributed by atoms with van der Waals surface area (Å²) >= 11 is 0. The number of ether oxygens (including phenoxy) is 4. The molecule has 0 bridgehead atoms. The predicted octanol–water partition coefficient (Wildman–Crippen LogP) is 5.13. The van der Waals surface area contributed by atoms with Crippen LogP contribution in [0.2, 0.25) is 0 Å². The normalized spacial score (nSPS) is 23.6. The van der Waals surface area contributed by atoms with Crippen LogP contribution in [0.5, 0.6) is 0 Å². The average Bonchev–Trinajstić information content (AvgIpc) is 2.99. The number of carbonyl (C=O) groups is 1. The Kier molecular flexibility index (Phi) is 24.1. The lowest BCUT2D eigenvalue weighted by atomic mass is 9.99. The van der Waals surface area contributed by atoms with E-state index in [2.05, 4.69) is 38.2 Å². The van der Waals surface area contributed by atoms with E-state index in [1.54, 1.807) is 0 Å². The van der Waals surface area contributed by atoms with Gasteiger partial charge in [0.25, 0.3) is 0 Å². The first kappa shape index (κ1) is 38.7. The Labute approximate surface area is 254 Å². The number of aliphatic hydroxyl groups is 4. The highest BCUT2D eigenvalue weighted by Gasteiger charge is 2.44. The molecular weight excluding hydrogens is 540 g/mol. The SMILES string of the molecule is CCCC/C=C\C/C=C\CCCCCCCCOCC(COC1OC(CO)C(O)C(O)C1O)OC(=O)CCCCCC. The summed E-state index contributed by atoms with van der Waals surface area (Å²) in [5, 5.41) is 39.6. The van der Waals surface area contributed by atoms with Gasteiger partial charge < -0.3 is 39.4 Å². The summed E-state index contributed by atoms with van der Waals surface area (Å²) in [5.41, 5.74) is 0. The molecule has 1 saturated heterocycles.